The number of aromatic nitrogens is 3. The molecule has 1 amide bonds. The van der Waals surface area contributed by atoms with E-state index in [4.69, 9.17) is 23.1 Å². The minimum absolute atomic E-state index is 0.0303. The maximum atomic E-state index is 15.0. The topological polar surface area (TPSA) is 144 Å². The van der Waals surface area contributed by atoms with Gasteiger partial charge in [-0.25, -0.2) is 9.18 Å². The molecule has 0 bridgehead atoms. The van der Waals surface area contributed by atoms with Gasteiger partial charge in [-0.3, -0.25) is 14.4 Å². The van der Waals surface area contributed by atoms with Crippen molar-refractivity contribution in [2.45, 2.75) is 45.6 Å². The highest BCUT2D eigenvalue weighted by atomic mass is 35.5. The number of rotatable bonds is 11. The lowest BCUT2D eigenvalue weighted by molar-refractivity contribution is 0.0953. The molecular weight excluding hydrogens is 533 g/mol. The molecule has 11 heteroatoms. The molecule has 6 N–H and O–H groups in total. The molecule has 1 unspecified atom stereocenters. The first kappa shape index (κ1) is 29.0. The van der Waals surface area contributed by atoms with Gasteiger partial charge in [0.1, 0.15) is 5.65 Å². The predicted octanol–water partition coefficient (Wildman–Crippen LogP) is 4.34. The Morgan fingerprint density at radius 1 is 1.23 bits per heavy atom. The van der Waals surface area contributed by atoms with Gasteiger partial charge in [0.2, 0.25) is 0 Å². The second kappa shape index (κ2) is 12.9. The van der Waals surface area contributed by atoms with Gasteiger partial charge in [-0.05, 0) is 87.6 Å². The minimum Gasteiger partial charge on any atom is -0.388 e. The predicted molar refractivity (Wildman–Crippen MR) is 158 cm³/mol. The Hall–Kier alpha value is -4.02. The molecular formula is C29H33ClFN7O2. The van der Waals surface area contributed by atoms with E-state index in [2.05, 4.69) is 20.3 Å². The molecule has 210 valence electrons. The Bertz CT molecular complexity index is 1590. The number of hydrogen-bond acceptors (Lipinski definition) is 5. The molecule has 0 aliphatic rings. The van der Waals surface area contributed by atoms with Crippen LogP contribution in [0.5, 0.6) is 0 Å². The molecule has 2 aromatic carbocycles. The Morgan fingerprint density at radius 2 is 1.98 bits per heavy atom. The van der Waals surface area contributed by atoms with E-state index in [-0.39, 0.29) is 17.0 Å². The van der Waals surface area contributed by atoms with Crippen LogP contribution in [0, 0.1) is 5.82 Å². The lowest BCUT2D eigenvalue weighted by Crippen LogP contribution is -2.25. The Morgan fingerprint density at radius 3 is 2.67 bits per heavy atom. The smallest absolute Gasteiger partial charge is 0.354 e. The van der Waals surface area contributed by atoms with Crippen LogP contribution < -0.4 is 22.5 Å². The highest BCUT2D eigenvalue weighted by Gasteiger charge is 2.16. The molecule has 4 rings (SSSR count). The van der Waals surface area contributed by atoms with Crippen molar-refractivity contribution in [3.63, 3.8) is 0 Å². The molecule has 4 aromatic rings. The molecule has 40 heavy (non-hydrogen) atoms. The average molecular weight is 566 g/mol. The highest BCUT2D eigenvalue weighted by molar-refractivity contribution is 6.31. The molecule has 0 radical (unpaired) electrons. The van der Waals surface area contributed by atoms with Crippen molar-refractivity contribution in [1.82, 2.24) is 19.9 Å². The van der Waals surface area contributed by atoms with Gasteiger partial charge in [-0.2, -0.15) is 4.98 Å². The summed E-state index contributed by atoms with van der Waals surface area (Å²) in [5, 5.41) is 3.48. The monoisotopic (exact) mass is 565 g/mol. The van der Waals surface area contributed by atoms with Gasteiger partial charge >= 0.3 is 5.69 Å². The van der Waals surface area contributed by atoms with Crippen LogP contribution in [-0.4, -0.2) is 45.4 Å². The van der Waals surface area contributed by atoms with Crippen molar-refractivity contribution >= 4 is 34.4 Å². The summed E-state index contributed by atoms with van der Waals surface area (Å²) in [4.78, 5) is 36.5. The highest BCUT2D eigenvalue weighted by Crippen LogP contribution is 2.31. The molecule has 0 aliphatic heterocycles. The van der Waals surface area contributed by atoms with Crippen LogP contribution in [0.1, 0.15) is 49.0 Å². The summed E-state index contributed by atoms with van der Waals surface area (Å²) in [6.45, 7) is 4.68. The summed E-state index contributed by atoms with van der Waals surface area (Å²) >= 11 is 6.21. The second-order valence-corrected chi connectivity index (χ2v) is 10.3. The fourth-order valence-electron chi connectivity index (χ4n) is 4.35. The SMILES string of the molecule is CC(N)=NCCCNC(=O)c1ccc(-n2cc3cc(-c4cc(CCCC(C)N)cc(Cl)c4F)[nH]c3nc2=O)cc1. The van der Waals surface area contributed by atoms with E-state index < -0.39 is 11.5 Å². The third kappa shape index (κ3) is 7.13. The first-order valence-electron chi connectivity index (χ1n) is 13.1. The van der Waals surface area contributed by atoms with Crippen molar-refractivity contribution in [3.05, 3.63) is 81.1 Å². The van der Waals surface area contributed by atoms with E-state index in [0.29, 0.717) is 65.3 Å². The fourth-order valence-corrected chi connectivity index (χ4v) is 4.59. The van der Waals surface area contributed by atoms with Crippen molar-refractivity contribution in [1.29, 1.82) is 0 Å². The number of hydrogen-bond donors (Lipinski definition) is 4. The summed E-state index contributed by atoms with van der Waals surface area (Å²) < 4.78 is 16.4. The number of carbonyl (C=O) groups is 1. The number of fused-ring (bicyclic) bond motifs is 1. The lowest BCUT2D eigenvalue weighted by Gasteiger charge is -2.09. The van der Waals surface area contributed by atoms with Crippen LogP contribution in [0.25, 0.3) is 28.0 Å². The number of amides is 1. The molecule has 2 aromatic heterocycles. The largest absolute Gasteiger partial charge is 0.388 e. The Labute approximate surface area is 236 Å². The molecule has 0 saturated heterocycles. The van der Waals surface area contributed by atoms with E-state index in [0.717, 1.165) is 18.4 Å². The summed E-state index contributed by atoms with van der Waals surface area (Å²) in [6.07, 6.45) is 4.73. The first-order chi connectivity index (χ1) is 19.1. The fraction of sp³-hybridized carbons (Fsp3) is 0.310. The van der Waals surface area contributed by atoms with Gasteiger partial charge < -0.3 is 21.8 Å². The number of nitrogens with two attached hydrogens (primary N) is 2. The summed E-state index contributed by atoms with van der Waals surface area (Å²) in [7, 11) is 0. The number of nitrogens with one attached hydrogen (secondary N) is 2. The van der Waals surface area contributed by atoms with Gasteiger partial charge in [0.15, 0.2) is 5.82 Å². The number of carbonyl (C=O) groups excluding carboxylic acids is 1. The van der Waals surface area contributed by atoms with Crippen LogP contribution >= 0.6 is 11.6 Å². The molecule has 0 fully saturated rings. The lowest BCUT2D eigenvalue weighted by atomic mass is 10.0. The van der Waals surface area contributed by atoms with Crippen molar-refractivity contribution < 1.29 is 9.18 Å². The average Bonchev–Trinajstić information content (AvgIpc) is 3.32. The Kier molecular flexibility index (Phi) is 9.34. The standard InChI is InChI=1S/C29H33ClFN7O2/c1-17(32)5-3-6-19-13-23(26(31)24(30)14-19)25-15-21-16-38(29(40)37-27(21)36-25)22-9-7-20(8-10-22)28(39)35-12-4-11-34-18(2)33/h7-10,13-17H,3-6,11-12,32H2,1-2H3,(H2,33,34)(H,35,39)(H,36,37,40). The van der Waals surface area contributed by atoms with Crippen molar-refractivity contribution in [2.75, 3.05) is 13.1 Å². The molecule has 0 spiro atoms. The van der Waals surface area contributed by atoms with Gasteiger partial charge in [-0.1, -0.05) is 11.6 Å². The van der Waals surface area contributed by atoms with Crippen molar-refractivity contribution in [3.8, 4) is 16.9 Å². The number of aliphatic imine (C=N–C) groups is 1. The van der Waals surface area contributed by atoms with Gasteiger partial charge in [0, 0.05) is 41.8 Å². The van der Waals surface area contributed by atoms with Crippen LogP contribution in [0.4, 0.5) is 4.39 Å². The minimum atomic E-state index is -0.546. The number of aromatic amines is 1. The van der Waals surface area contributed by atoms with E-state index in [1.807, 2.05) is 6.92 Å². The zero-order chi connectivity index (χ0) is 28.8. The summed E-state index contributed by atoms with van der Waals surface area (Å²) in [6, 6.07) is 11.8. The number of benzene rings is 2. The number of H-pyrrole nitrogens is 1. The number of aryl methyl sites for hydroxylation is 1. The molecule has 2 heterocycles. The molecule has 1 atom stereocenters. The summed E-state index contributed by atoms with van der Waals surface area (Å²) in [5.74, 6) is -0.262. The quantitative estimate of drug-likeness (QED) is 0.121. The van der Waals surface area contributed by atoms with Crippen LogP contribution in [0.2, 0.25) is 5.02 Å². The Balaban J connectivity index is 1.54. The van der Waals surface area contributed by atoms with E-state index >= 15 is 4.39 Å². The van der Waals surface area contributed by atoms with Crippen LogP contribution in [-0.2, 0) is 6.42 Å². The van der Waals surface area contributed by atoms with Gasteiger partial charge in [0.05, 0.1) is 22.2 Å². The zero-order valence-electron chi connectivity index (χ0n) is 22.5. The molecule has 0 aliphatic carbocycles. The van der Waals surface area contributed by atoms with E-state index in [1.165, 1.54) is 4.57 Å². The van der Waals surface area contributed by atoms with E-state index in [1.54, 1.807) is 55.6 Å². The first-order valence-corrected chi connectivity index (χ1v) is 13.5. The maximum Gasteiger partial charge on any atom is 0.354 e. The molecule has 0 saturated carbocycles. The van der Waals surface area contributed by atoms with Crippen LogP contribution in [0.15, 0.2) is 58.4 Å². The summed E-state index contributed by atoms with van der Waals surface area (Å²) in [5.41, 5.74) is 13.8. The number of amidine groups is 1. The zero-order valence-corrected chi connectivity index (χ0v) is 23.3. The van der Waals surface area contributed by atoms with Crippen LogP contribution in [0.3, 0.4) is 0 Å². The normalized spacial score (nSPS) is 12.6. The van der Waals surface area contributed by atoms with Crippen molar-refractivity contribution in [2.24, 2.45) is 16.5 Å². The van der Waals surface area contributed by atoms with Gasteiger partial charge in [0.25, 0.3) is 5.91 Å². The third-order valence-electron chi connectivity index (χ3n) is 6.40. The number of halogens is 2. The second-order valence-electron chi connectivity index (χ2n) is 9.87. The maximum absolute atomic E-state index is 15.0. The van der Waals surface area contributed by atoms with Gasteiger partial charge in [-0.15, -0.1) is 0 Å². The number of nitrogens with zero attached hydrogens (tertiary/aromatic N) is 3. The van der Waals surface area contributed by atoms with E-state index in [9.17, 15) is 9.59 Å². The molecule has 9 nitrogen and oxygen atoms in total. The third-order valence-corrected chi connectivity index (χ3v) is 6.68.